The molecular weight excluding hydrogens is 229 g/mol. The maximum Gasteiger partial charge on any atom is 0.170 e. The van der Waals surface area contributed by atoms with Gasteiger partial charge in [0.05, 0.1) is 0 Å². The van der Waals surface area contributed by atoms with Crippen LogP contribution in [0.25, 0.3) is 0 Å². The van der Waals surface area contributed by atoms with Crippen LogP contribution in [0.2, 0.25) is 0 Å². The maximum atomic E-state index is 14.3. The minimum absolute atomic E-state index is 0.187. The summed E-state index contributed by atoms with van der Waals surface area (Å²) in [6.45, 7) is 7.09. The lowest BCUT2D eigenvalue weighted by atomic mass is 10.1. The molecule has 0 amide bonds. The van der Waals surface area contributed by atoms with E-state index in [-0.39, 0.29) is 5.82 Å². The summed E-state index contributed by atoms with van der Waals surface area (Å²) in [7, 11) is 0. The van der Waals surface area contributed by atoms with Gasteiger partial charge in [-0.05, 0) is 26.0 Å². The molecule has 2 rings (SSSR count). The van der Waals surface area contributed by atoms with Crippen molar-refractivity contribution in [1.82, 2.24) is 10.3 Å². The molecule has 0 aromatic carbocycles. The number of halogens is 1. The molecule has 18 heavy (non-hydrogen) atoms. The van der Waals surface area contributed by atoms with E-state index in [4.69, 9.17) is 0 Å². The standard InChI is InChI=1S/C14H20FN3/c1-3-16-9-12-6-7-17-14(13(12)15)18-8-4-5-11(2)10-18/h5-7,16H,3-4,8-10H2,1-2H3. The SMILES string of the molecule is CCNCc1ccnc(N2CCC=C(C)C2)c1F. The van der Waals surface area contributed by atoms with Crippen molar-refractivity contribution in [3.63, 3.8) is 0 Å². The number of nitrogens with zero attached hydrogens (tertiary/aromatic N) is 2. The molecule has 0 radical (unpaired) electrons. The molecule has 1 aromatic heterocycles. The third kappa shape index (κ3) is 2.88. The second kappa shape index (κ2) is 5.96. The monoisotopic (exact) mass is 249 g/mol. The van der Waals surface area contributed by atoms with Gasteiger partial charge in [0.1, 0.15) is 0 Å². The Morgan fingerprint density at radius 3 is 3.06 bits per heavy atom. The van der Waals surface area contributed by atoms with Crippen LogP contribution in [0.1, 0.15) is 25.8 Å². The summed E-state index contributed by atoms with van der Waals surface area (Å²) in [5.74, 6) is 0.297. The smallest absolute Gasteiger partial charge is 0.170 e. The number of rotatable bonds is 4. The van der Waals surface area contributed by atoms with Crippen LogP contribution in [0.3, 0.4) is 0 Å². The molecule has 0 saturated carbocycles. The van der Waals surface area contributed by atoms with Gasteiger partial charge in [-0.2, -0.15) is 0 Å². The molecule has 1 N–H and O–H groups in total. The molecule has 0 spiro atoms. The van der Waals surface area contributed by atoms with Crippen molar-refractivity contribution in [3.05, 3.63) is 35.3 Å². The van der Waals surface area contributed by atoms with E-state index in [0.717, 1.165) is 26.1 Å². The molecule has 2 heterocycles. The zero-order valence-corrected chi connectivity index (χ0v) is 11.0. The van der Waals surface area contributed by atoms with E-state index in [2.05, 4.69) is 23.3 Å². The highest BCUT2D eigenvalue weighted by Crippen LogP contribution is 2.22. The predicted molar refractivity (Wildman–Crippen MR) is 72.2 cm³/mol. The van der Waals surface area contributed by atoms with Crippen molar-refractivity contribution in [1.29, 1.82) is 0 Å². The lowest BCUT2D eigenvalue weighted by Crippen LogP contribution is -2.31. The maximum absolute atomic E-state index is 14.3. The fourth-order valence-electron chi connectivity index (χ4n) is 2.18. The summed E-state index contributed by atoms with van der Waals surface area (Å²) in [6, 6.07) is 1.74. The quantitative estimate of drug-likeness (QED) is 0.831. The number of aromatic nitrogens is 1. The number of hydrogen-bond acceptors (Lipinski definition) is 3. The third-order valence-electron chi connectivity index (χ3n) is 3.15. The minimum atomic E-state index is -0.187. The van der Waals surface area contributed by atoms with E-state index < -0.39 is 0 Å². The summed E-state index contributed by atoms with van der Waals surface area (Å²) in [5.41, 5.74) is 1.97. The molecule has 1 aliphatic rings. The molecule has 98 valence electrons. The van der Waals surface area contributed by atoms with Crippen LogP contribution in [0, 0.1) is 5.82 Å². The van der Waals surface area contributed by atoms with E-state index in [1.54, 1.807) is 12.3 Å². The van der Waals surface area contributed by atoms with E-state index in [9.17, 15) is 4.39 Å². The van der Waals surface area contributed by atoms with Crippen molar-refractivity contribution < 1.29 is 4.39 Å². The lowest BCUT2D eigenvalue weighted by molar-refractivity contribution is 0.579. The highest BCUT2D eigenvalue weighted by Gasteiger charge is 2.17. The topological polar surface area (TPSA) is 28.2 Å². The molecule has 1 aliphatic heterocycles. The van der Waals surface area contributed by atoms with Gasteiger partial charge >= 0.3 is 0 Å². The van der Waals surface area contributed by atoms with Crippen molar-refractivity contribution in [2.45, 2.75) is 26.8 Å². The Morgan fingerprint density at radius 2 is 2.33 bits per heavy atom. The summed E-state index contributed by atoms with van der Waals surface area (Å²) < 4.78 is 14.3. The fraction of sp³-hybridized carbons (Fsp3) is 0.500. The Labute approximate surface area is 108 Å². The van der Waals surface area contributed by atoms with E-state index >= 15 is 0 Å². The molecule has 0 fully saturated rings. The summed E-state index contributed by atoms with van der Waals surface area (Å²) in [5, 5.41) is 3.15. The molecule has 1 aromatic rings. The third-order valence-corrected chi connectivity index (χ3v) is 3.15. The Balaban J connectivity index is 2.20. The summed E-state index contributed by atoms with van der Waals surface area (Å²) >= 11 is 0. The second-order valence-corrected chi connectivity index (χ2v) is 4.65. The average molecular weight is 249 g/mol. The van der Waals surface area contributed by atoms with Gasteiger partial charge in [0.25, 0.3) is 0 Å². The summed E-state index contributed by atoms with van der Waals surface area (Å²) in [6.07, 6.45) is 4.86. The largest absolute Gasteiger partial charge is 0.350 e. The molecule has 0 bridgehead atoms. The van der Waals surface area contributed by atoms with E-state index in [0.29, 0.717) is 17.9 Å². The van der Waals surface area contributed by atoms with Crippen LogP contribution in [0.5, 0.6) is 0 Å². The molecule has 4 heteroatoms. The number of nitrogens with one attached hydrogen (secondary N) is 1. The Kier molecular flexibility index (Phi) is 4.31. The van der Waals surface area contributed by atoms with Gasteiger partial charge in [-0.1, -0.05) is 18.6 Å². The van der Waals surface area contributed by atoms with Gasteiger partial charge in [-0.3, -0.25) is 0 Å². The Bertz CT molecular complexity index is 443. The first kappa shape index (κ1) is 13.0. The number of pyridine rings is 1. The van der Waals surface area contributed by atoms with Gasteiger partial charge in [-0.15, -0.1) is 0 Å². The number of hydrogen-bond donors (Lipinski definition) is 1. The van der Waals surface area contributed by atoms with Gasteiger partial charge in [0, 0.05) is 31.4 Å². The fourth-order valence-corrected chi connectivity index (χ4v) is 2.18. The van der Waals surface area contributed by atoms with Crippen LogP contribution in [0.4, 0.5) is 10.2 Å². The molecule has 0 aliphatic carbocycles. The highest BCUT2D eigenvalue weighted by molar-refractivity contribution is 5.45. The van der Waals surface area contributed by atoms with E-state index in [1.807, 2.05) is 11.8 Å². The highest BCUT2D eigenvalue weighted by atomic mass is 19.1. The minimum Gasteiger partial charge on any atom is -0.350 e. The van der Waals surface area contributed by atoms with Crippen LogP contribution >= 0.6 is 0 Å². The predicted octanol–water partition coefficient (Wildman–Crippen LogP) is 2.49. The van der Waals surface area contributed by atoms with E-state index in [1.165, 1.54) is 5.57 Å². The molecule has 3 nitrogen and oxygen atoms in total. The van der Waals surface area contributed by atoms with Crippen molar-refractivity contribution in [2.24, 2.45) is 0 Å². The second-order valence-electron chi connectivity index (χ2n) is 4.65. The first-order valence-corrected chi connectivity index (χ1v) is 6.47. The van der Waals surface area contributed by atoms with Crippen LogP contribution < -0.4 is 10.2 Å². The van der Waals surface area contributed by atoms with Gasteiger partial charge in [0.15, 0.2) is 11.6 Å². The Hall–Kier alpha value is -1.42. The lowest BCUT2D eigenvalue weighted by Gasteiger charge is -2.27. The van der Waals surface area contributed by atoms with Crippen LogP contribution in [-0.4, -0.2) is 24.6 Å². The van der Waals surface area contributed by atoms with Crippen molar-refractivity contribution >= 4 is 5.82 Å². The first-order chi connectivity index (χ1) is 8.72. The van der Waals surface area contributed by atoms with Gasteiger partial charge in [0.2, 0.25) is 0 Å². The van der Waals surface area contributed by atoms with Crippen molar-refractivity contribution in [2.75, 3.05) is 24.5 Å². The van der Waals surface area contributed by atoms with Crippen molar-refractivity contribution in [3.8, 4) is 0 Å². The number of anilines is 1. The van der Waals surface area contributed by atoms with Crippen LogP contribution in [-0.2, 0) is 6.54 Å². The van der Waals surface area contributed by atoms with Gasteiger partial charge in [-0.25, -0.2) is 9.37 Å². The average Bonchev–Trinajstić information content (AvgIpc) is 2.37. The molecule has 0 saturated heterocycles. The molecule has 0 atom stereocenters. The summed E-state index contributed by atoms with van der Waals surface area (Å²) in [4.78, 5) is 6.22. The first-order valence-electron chi connectivity index (χ1n) is 6.47. The molecule has 0 unspecified atom stereocenters. The zero-order valence-electron chi connectivity index (χ0n) is 11.0. The molecular formula is C14H20FN3. The van der Waals surface area contributed by atoms with Gasteiger partial charge < -0.3 is 10.2 Å². The van der Waals surface area contributed by atoms with Crippen LogP contribution in [0.15, 0.2) is 23.9 Å². The normalized spacial score (nSPS) is 15.7. The Morgan fingerprint density at radius 1 is 1.50 bits per heavy atom. The zero-order chi connectivity index (χ0) is 13.0.